The van der Waals surface area contributed by atoms with Crippen LogP contribution in [0.25, 0.3) is 0 Å². The minimum Gasteiger partial charge on any atom is -0.375 e. The first-order valence-electron chi connectivity index (χ1n) is 7.55. The summed E-state index contributed by atoms with van der Waals surface area (Å²) in [4.78, 5) is 18.6. The van der Waals surface area contributed by atoms with Crippen molar-refractivity contribution in [1.29, 1.82) is 0 Å². The number of nitrogens with two attached hydrogens (primary N) is 1. The van der Waals surface area contributed by atoms with Gasteiger partial charge in [0, 0.05) is 29.7 Å². The molecule has 0 saturated carbocycles. The molecule has 6 heteroatoms. The van der Waals surface area contributed by atoms with Crippen LogP contribution in [0, 0.1) is 0 Å². The molecule has 1 fully saturated rings. The van der Waals surface area contributed by atoms with Gasteiger partial charge in [0.15, 0.2) is 5.13 Å². The molecule has 5 nitrogen and oxygen atoms in total. The third kappa shape index (κ3) is 3.57. The number of hydrogen-bond acceptors (Lipinski definition) is 5. The Kier molecular flexibility index (Phi) is 4.58. The van der Waals surface area contributed by atoms with Crippen molar-refractivity contribution in [2.45, 2.75) is 25.8 Å². The van der Waals surface area contributed by atoms with Gasteiger partial charge >= 0.3 is 0 Å². The maximum Gasteiger partial charge on any atom is 0.251 e. The summed E-state index contributed by atoms with van der Waals surface area (Å²) in [7, 11) is 0. The van der Waals surface area contributed by atoms with E-state index in [0.717, 1.165) is 18.8 Å². The molecular weight excluding hydrogens is 296 g/mol. The van der Waals surface area contributed by atoms with Crippen LogP contribution in [-0.2, 0) is 6.54 Å². The average molecular weight is 316 g/mol. The Morgan fingerprint density at radius 3 is 2.59 bits per heavy atom. The summed E-state index contributed by atoms with van der Waals surface area (Å²) >= 11 is 1.38. The summed E-state index contributed by atoms with van der Waals surface area (Å²) in [5.41, 5.74) is 8.23. The second-order valence-corrected chi connectivity index (χ2v) is 6.34. The lowest BCUT2D eigenvalue weighted by Crippen LogP contribution is -2.29. The molecule has 1 aliphatic heterocycles. The van der Waals surface area contributed by atoms with Crippen LogP contribution in [0.3, 0.4) is 0 Å². The molecule has 1 aliphatic rings. The zero-order chi connectivity index (χ0) is 15.4. The first kappa shape index (κ1) is 14.8. The SMILES string of the molecule is Nc1nc(CNC(=O)c2ccc(N3CCCCC3)cc2)cs1. The highest BCUT2D eigenvalue weighted by molar-refractivity contribution is 7.13. The van der Waals surface area contributed by atoms with Gasteiger partial charge < -0.3 is 16.0 Å². The van der Waals surface area contributed by atoms with Crippen molar-refractivity contribution >= 4 is 28.1 Å². The third-order valence-corrected chi connectivity index (χ3v) is 4.57. The molecule has 0 spiro atoms. The van der Waals surface area contributed by atoms with Crippen LogP contribution >= 0.6 is 11.3 Å². The molecule has 0 radical (unpaired) electrons. The Balaban J connectivity index is 1.58. The van der Waals surface area contributed by atoms with Gasteiger partial charge in [0.05, 0.1) is 12.2 Å². The van der Waals surface area contributed by atoms with E-state index in [2.05, 4.69) is 15.2 Å². The lowest BCUT2D eigenvalue weighted by molar-refractivity contribution is 0.0950. The van der Waals surface area contributed by atoms with Crippen LogP contribution < -0.4 is 16.0 Å². The second-order valence-electron chi connectivity index (χ2n) is 5.45. The second kappa shape index (κ2) is 6.79. The van der Waals surface area contributed by atoms with Gasteiger partial charge in [-0.3, -0.25) is 4.79 Å². The molecule has 2 heterocycles. The topological polar surface area (TPSA) is 71.2 Å². The Morgan fingerprint density at radius 2 is 1.95 bits per heavy atom. The zero-order valence-corrected chi connectivity index (χ0v) is 13.2. The van der Waals surface area contributed by atoms with Gasteiger partial charge in [-0.05, 0) is 43.5 Å². The van der Waals surface area contributed by atoms with Crippen molar-refractivity contribution in [2.24, 2.45) is 0 Å². The molecule has 1 aromatic heterocycles. The van der Waals surface area contributed by atoms with E-state index in [0.29, 0.717) is 17.2 Å². The van der Waals surface area contributed by atoms with Gasteiger partial charge in [0.2, 0.25) is 0 Å². The Bertz CT molecular complexity index is 632. The monoisotopic (exact) mass is 316 g/mol. The normalized spacial score (nSPS) is 14.8. The maximum atomic E-state index is 12.1. The summed E-state index contributed by atoms with van der Waals surface area (Å²) in [6, 6.07) is 7.82. The van der Waals surface area contributed by atoms with Crippen LogP contribution in [-0.4, -0.2) is 24.0 Å². The van der Waals surface area contributed by atoms with E-state index >= 15 is 0 Å². The van der Waals surface area contributed by atoms with Crippen molar-refractivity contribution in [3.05, 3.63) is 40.9 Å². The van der Waals surface area contributed by atoms with Gasteiger partial charge in [-0.25, -0.2) is 4.98 Å². The molecular formula is C16H20N4OS. The number of aromatic nitrogens is 1. The maximum absolute atomic E-state index is 12.1. The van der Waals surface area contributed by atoms with Gasteiger partial charge in [-0.1, -0.05) is 0 Å². The van der Waals surface area contributed by atoms with E-state index in [1.807, 2.05) is 29.6 Å². The molecule has 1 saturated heterocycles. The van der Waals surface area contributed by atoms with Crippen molar-refractivity contribution in [3.63, 3.8) is 0 Å². The molecule has 0 unspecified atom stereocenters. The number of thiazole rings is 1. The lowest BCUT2D eigenvalue weighted by Gasteiger charge is -2.28. The van der Waals surface area contributed by atoms with Crippen LogP contribution in [0.2, 0.25) is 0 Å². The number of rotatable bonds is 4. The standard InChI is InChI=1S/C16H20N4OS/c17-16-19-13(11-22-16)10-18-15(21)12-4-6-14(7-5-12)20-8-2-1-3-9-20/h4-7,11H,1-3,8-10H2,(H2,17,19)(H,18,21). The highest BCUT2D eigenvalue weighted by atomic mass is 32.1. The Morgan fingerprint density at radius 1 is 1.23 bits per heavy atom. The first-order valence-corrected chi connectivity index (χ1v) is 8.43. The number of benzene rings is 1. The number of nitrogen functional groups attached to an aromatic ring is 1. The van der Waals surface area contributed by atoms with E-state index < -0.39 is 0 Å². The van der Waals surface area contributed by atoms with Crippen LogP contribution in [0.4, 0.5) is 10.8 Å². The number of piperidine rings is 1. The molecule has 3 rings (SSSR count). The highest BCUT2D eigenvalue weighted by Gasteiger charge is 2.12. The van der Waals surface area contributed by atoms with Gasteiger partial charge in [0.1, 0.15) is 0 Å². The van der Waals surface area contributed by atoms with Crippen molar-refractivity contribution in [3.8, 4) is 0 Å². The van der Waals surface area contributed by atoms with E-state index in [4.69, 9.17) is 5.73 Å². The van der Waals surface area contributed by atoms with Gasteiger partial charge in [-0.15, -0.1) is 11.3 Å². The summed E-state index contributed by atoms with van der Waals surface area (Å²) in [6.45, 7) is 2.62. The smallest absolute Gasteiger partial charge is 0.251 e. The largest absolute Gasteiger partial charge is 0.375 e. The number of nitrogens with one attached hydrogen (secondary N) is 1. The molecule has 1 amide bonds. The van der Waals surface area contributed by atoms with Crippen LogP contribution in [0.1, 0.15) is 35.3 Å². The number of hydrogen-bond donors (Lipinski definition) is 2. The van der Waals surface area contributed by atoms with Crippen LogP contribution in [0.5, 0.6) is 0 Å². The molecule has 1 aromatic carbocycles. The fourth-order valence-corrected chi connectivity index (χ4v) is 3.22. The quantitative estimate of drug-likeness (QED) is 0.909. The number of amides is 1. The number of carbonyl (C=O) groups is 1. The molecule has 0 aliphatic carbocycles. The van der Waals surface area contributed by atoms with Gasteiger partial charge in [0.25, 0.3) is 5.91 Å². The van der Waals surface area contributed by atoms with E-state index in [1.165, 1.54) is 36.3 Å². The van der Waals surface area contributed by atoms with Crippen LogP contribution in [0.15, 0.2) is 29.6 Å². The minimum atomic E-state index is -0.0863. The Hall–Kier alpha value is -2.08. The number of anilines is 2. The van der Waals surface area contributed by atoms with Gasteiger partial charge in [-0.2, -0.15) is 0 Å². The molecule has 3 N–H and O–H groups in total. The lowest BCUT2D eigenvalue weighted by atomic mass is 10.1. The van der Waals surface area contributed by atoms with E-state index in [9.17, 15) is 4.79 Å². The minimum absolute atomic E-state index is 0.0863. The fourth-order valence-electron chi connectivity index (χ4n) is 2.65. The summed E-state index contributed by atoms with van der Waals surface area (Å²) in [5.74, 6) is -0.0863. The highest BCUT2D eigenvalue weighted by Crippen LogP contribution is 2.20. The van der Waals surface area contributed by atoms with Crippen molar-refractivity contribution < 1.29 is 4.79 Å². The molecule has 0 atom stereocenters. The first-order chi connectivity index (χ1) is 10.7. The van der Waals surface area contributed by atoms with E-state index in [-0.39, 0.29) is 5.91 Å². The molecule has 0 bridgehead atoms. The predicted octanol–water partition coefficient (Wildman–Crippen LogP) is 2.65. The van der Waals surface area contributed by atoms with Crippen molar-refractivity contribution in [2.75, 3.05) is 23.7 Å². The van der Waals surface area contributed by atoms with E-state index in [1.54, 1.807) is 0 Å². The summed E-state index contributed by atoms with van der Waals surface area (Å²) in [5, 5.41) is 5.24. The van der Waals surface area contributed by atoms with Crippen molar-refractivity contribution in [1.82, 2.24) is 10.3 Å². The molecule has 116 valence electrons. The number of carbonyl (C=O) groups excluding carboxylic acids is 1. The molecule has 2 aromatic rings. The predicted molar refractivity (Wildman–Crippen MR) is 90.2 cm³/mol. The Labute approximate surface area is 134 Å². The summed E-state index contributed by atoms with van der Waals surface area (Å²) in [6.07, 6.45) is 3.82. The molecule has 22 heavy (non-hydrogen) atoms. The fraction of sp³-hybridized carbons (Fsp3) is 0.375. The summed E-state index contributed by atoms with van der Waals surface area (Å²) < 4.78 is 0. The average Bonchev–Trinajstić information content (AvgIpc) is 2.99. The third-order valence-electron chi connectivity index (χ3n) is 3.85. The number of nitrogens with zero attached hydrogens (tertiary/aromatic N) is 2. The zero-order valence-electron chi connectivity index (χ0n) is 12.4.